The highest BCUT2D eigenvalue weighted by molar-refractivity contribution is 7.89. The van der Waals surface area contributed by atoms with E-state index in [1.165, 1.54) is 30.3 Å². The topological polar surface area (TPSA) is 153 Å². The lowest BCUT2D eigenvalue weighted by Gasteiger charge is -2.39. The van der Waals surface area contributed by atoms with E-state index < -0.39 is 33.6 Å². The number of pyridine rings is 1. The van der Waals surface area contributed by atoms with Crippen molar-refractivity contribution in [3.05, 3.63) is 58.3 Å². The van der Waals surface area contributed by atoms with Crippen molar-refractivity contribution in [2.75, 3.05) is 18.0 Å². The summed E-state index contributed by atoms with van der Waals surface area (Å²) >= 11 is 0. The monoisotopic (exact) mass is 481 g/mol. The van der Waals surface area contributed by atoms with Crippen LogP contribution in [0.1, 0.15) is 46.6 Å². The van der Waals surface area contributed by atoms with Crippen molar-refractivity contribution in [2.24, 2.45) is 5.92 Å². The summed E-state index contributed by atoms with van der Waals surface area (Å²) in [6, 6.07) is 11.4. The molecule has 0 saturated carbocycles. The van der Waals surface area contributed by atoms with Crippen molar-refractivity contribution < 1.29 is 22.7 Å². The zero-order chi connectivity index (χ0) is 25.0. The van der Waals surface area contributed by atoms with E-state index in [0.29, 0.717) is 22.6 Å². The molecule has 2 heterocycles. The van der Waals surface area contributed by atoms with Gasteiger partial charge in [-0.05, 0) is 44.5 Å². The van der Waals surface area contributed by atoms with Crippen molar-refractivity contribution in [3.8, 4) is 12.1 Å². The normalized spacial score (nSPS) is 13.5. The third kappa shape index (κ3) is 5.69. The van der Waals surface area contributed by atoms with Crippen LogP contribution < -0.4 is 9.62 Å². The van der Waals surface area contributed by atoms with Crippen LogP contribution in [0.2, 0.25) is 0 Å². The predicted molar refractivity (Wildman–Crippen MR) is 122 cm³/mol. The molecule has 1 aromatic carbocycles. The van der Waals surface area contributed by atoms with Crippen LogP contribution in [-0.4, -0.2) is 44.5 Å². The molecule has 1 aromatic heterocycles. The van der Waals surface area contributed by atoms with Crippen LogP contribution in [-0.2, 0) is 25.3 Å². The number of aromatic nitrogens is 1. The highest BCUT2D eigenvalue weighted by atomic mass is 32.2. The van der Waals surface area contributed by atoms with Gasteiger partial charge in [-0.25, -0.2) is 18.2 Å². The smallest absolute Gasteiger partial charge is 0.340 e. The van der Waals surface area contributed by atoms with Crippen LogP contribution in [0, 0.1) is 35.5 Å². The van der Waals surface area contributed by atoms with Crippen molar-refractivity contribution >= 4 is 27.7 Å². The van der Waals surface area contributed by atoms with E-state index in [9.17, 15) is 23.3 Å². The molecule has 1 aliphatic rings. The molecule has 10 nitrogen and oxygen atoms in total. The van der Waals surface area contributed by atoms with Crippen molar-refractivity contribution in [3.63, 3.8) is 0 Å². The largest absolute Gasteiger partial charge is 0.459 e. The third-order valence-electron chi connectivity index (χ3n) is 5.12. The first kappa shape index (κ1) is 24.7. The summed E-state index contributed by atoms with van der Waals surface area (Å²) in [5, 5.41) is 18.3. The highest BCUT2D eigenvalue weighted by Gasteiger charge is 2.36. The molecule has 1 saturated heterocycles. The second-order valence-electron chi connectivity index (χ2n) is 8.19. The molecule has 2 aromatic rings. The quantitative estimate of drug-likeness (QED) is 0.583. The minimum atomic E-state index is -3.92. The number of nitriles is 2. The van der Waals surface area contributed by atoms with E-state index in [2.05, 4.69) is 9.71 Å². The Balaban J connectivity index is 1.64. The lowest BCUT2D eigenvalue weighted by Crippen LogP contribution is -2.55. The number of benzene rings is 1. The van der Waals surface area contributed by atoms with Crippen molar-refractivity contribution in [2.45, 2.75) is 32.6 Å². The molecular weight excluding hydrogens is 458 g/mol. The second-order valence-corrected chi connectivity index (χ2v) is 9.92. The summed E-state index contributed by atoms with van der Waals surface area (Å²) < 4.78 is 32.0. The molecule has 0 bridgehead atoms. The summed E-state index contributed by atoms with van der Waals surface area (Å²) in [6.45, 7) is 5.41. The fourth-order valence-corrected chi connectivity index (χ4v) is 4.56. The number of rotatable bonds is 7. The van der Waals surface area contributed by atoms with Gasteiger partial charge in [0.15, 0.2) is 0 Å². The molecular formula is C23H23N5O5S. The van der Waals surface area contributed by atoms with Gasteiger partial charge in [0.05, 0.1) is 46.2 Å². The van der Waals surface area contributed by atoms with Crippen molar-refractivity contribution in [1.29, 1.82) is 10.5 Å². The fourth-order valence-electron chi connectivity index (χ4n) is 3.39. The maximum atomic E-state index is 12.5. The van der Waals surface area contributed by atoms with Crippen LogP contribution >= 0.6 is 0 Å². The van der Waals surface area contributed by atoms with Gasteiger partial charge in [-0.3, -0.25) is 9.52 Å². The summed E-state index contributed by atoms with van der Waals surface area (Å²) in [5.41, 5.74) is 1.60. The molecule has 0 atom stereocenters. The highest BCUT2D eigenvalue weighted by Crippen LogP contribution is 2.28. The number of nitrogens with one attached hydrogen (secondary N) is 1. The van der Waals surface area contributed by atoms with Gasteiger partial charge in [-0.15, -0.1) is 0 Å². The predicted octanol–water partition coefficient (Wildman–Crippen LogP) is 1.78. The second kappa shape index (κ2) is 9.89. The average molecular weight is 482 g/mol. The maximum absolute atomic E-state index is 12.5. The number of carbonyl (C=O) groups is 2. The number of hydrogen-bond donors (Lipinski definition) is 1. The molecule has 1 N–H and O–H groups in total. The van der Waals surface area contributed by atoms with Crippen LogP contribution in [0.4, 0.5) is 5.82 Å². The van der Waals surface area contributed by atoms with E-state index in [-0.39, 0.29) is 30.3 Å². The van der Waals surface area contributed by atoms with Crippen LogP contribution in [0.15, 0.2) is 30.3 Å². The van der Waals surface area contributed by atoms with E-state index >= 15 is 0 Å². The summed E-state index contributed by atoms with van der Waals surface area (Å²) in [6.07, 6.45) is -0.319. The van der Waals surface area contributed by atoms with Gasteiger partial charge >= 0.3 is 5.97 Å². The fraction of sp³-hybridized carbons (Fsp3) is 0.348. The van der Waals surface area contributed by atoms with Crippen LogP contribution in [0.5, 0.6) is 0 Å². The van der Waals surface area contributed by atoms with E-state index in [1.807, 2.05) is 12.1 Å². The standard InChI is InChI=1S/C23H23N5O5S/c1-14(2)33-23(30)20-8-18(10-25)21(26-15(20)3)28-11-19(12-28)22(29)27-34(31,32)13-17-6-4-16(9-24)5-7-17/h4-8,14,19H,11-13H2,1-3H3,(H,27,29). The van der Waals surface area contributed by atoms with Gasteiger partial charge in [0.25, 0.3) is 0 Å². The zero-order valence-corrected chi connectivity index (χ0v) is 19.7. The molecule has 1 aliphatic heterocycles. The first-order chi connectivity index (χ1) is 16.0. The molecule has 0 radical (unpaired) electrons. The summed E-state index contributed by atoms with van der Waals surface area (Å²) in [5.74, 6) is -1.89. The first-order valence-electron chi connectivity index (χ1n) is 10.4. The molecule has 0 unspecified atom stereocenters. The number of ether oxygens (including phenoxy) is 1. The minimum absolute atomic E-state index is 0.161. The Bertz CT molecular complexity index is 1300. The molecule has 0 aliphatic carbocycles. The number of aryl methyl sites for hydroxylation is 1. The average Bonchev–Trinajstić information content (AvgIpc) is 2.72. The van der Waals surface area contributed by atoms with Gasteiger partial charge in [0.2, 0.25) is 15.9 Å². The van der Waals surface area contributed by atoms with Crippen LogP contribution in [0.25, 0.3) is 0 Å². The molecule has 11 heteroatoms. The molecule has 0 spiro atoms. The molecule has 3 rings (SSSR count). The number of hydrogen-bond acceptors (Lipinski definition) is 9. The van der Waals surface area contributed by atoms with Gasteiger partial charge in [0, 0.05) is 13.1 Å². The number of amides is 1. The van der Waals surface area contributed by atoms with Crippen molar-refractivity contribution in [1.82, 2.24) is 9.71 Å². The summed E-state index contributed by atoms with van der Waals surface area (Å²) in [7, 11) is -3.92. The maximum Gasteiger partial charge on any atom is 0.340 e. The first-order valence-corrected chi connectivity index (χ1v) is 12.1. The molecule has 176 valence electrons. The minimum Gasteiger partial charge on any atom is -0.459 e. The number of carbonyl (C=O) groups excluding carboxylic acids is 2. The summed E-state index contributed by atoms with van der Waals surface area (Å²) in [4.78, 5) is 30.7. The number of anilines is 1. The SMILES string of the molecule is Cc1nc(N2CC(C(=O)NS(=O)(=O)Cc3ccc(C#N)cc3)C2)c(C#N)cc1C(=O)OC(C)C. The Morgan fingerprint density at radius 1 is 1.21 bits per heavy atom. The van der Waals surface area contributed by atoms with Gasteiger partial charge < -0.3 is 9.64 Å². The molecule has 1 amide bonds. The lowest BCUT2D eigenvalue weighted by atomic mass is 9.98. The van der Waals surface area contributed by atoms with E-state index in [4.69, 9.17) is 10.00 Å². The number of esters is 1. The third-order valence-corrected chi connectivity index (χ3v) is 6.35. The molecule has 1 fully saturated rings. The molecule has 34 heavy (non-hydrogen) atoms. The lowest BCUT2D eigenvalue weighted by molar-refractivity contribution is -0.123. The number of sulfonamides is 1. The number of nitrogens with zero attached hydrogens (tertiary/aromatic N) is 4. The van der Waals surface area contributed by atoms with E-state index in [0.717, 1.165) is 0 Å². The Labute approximate surface area is 197 Å². The van der Waals surface area contributed by atoms with E-state index in [1.54, 1.807) is 25.7 Å². The zero-order valence-electron chi connectivity index (χ0n) is 18.9. The van der Waals surface area contributed by atoms with Crippen LogP contribution in [0.3, 0.4) is 0 Å². The van der Waals surface area contributed by atoms with Gasteiger partial charge in [0.1, 0.15) is 11.9 Å². The Kier molecular flexibility index (Phi) is 7.18. The Morgan fingerprint density at radius 3 is 2.41 bits per heavy atom. The van der Waals surface area contributed by atoms with Gasteiger partial charge in [-0.1, -0.05) is 12.1 Å². The Morgan fingerprint density at radius 2 is 1.85 bits per heavy atom. The van der Waals surface area contributed by atoms with Gasteiger partial charge in [-0.2, -0.15) is 10.5 Å². The Hall–Kier alpha value is -3.96.